The van der Waals surface area contributed by atoms with Crippen LogP contribution in [0.3, 0.4) is 0 Å². The van der Waals surface area contributed by atoms with E-state index in [1.54, 1.807) is 27.7 Å². The van der Waals surface area contributed by atoms with E-state index in [4.69, 9.17) is 5.73 Å². The van der Waals surface area contributed by atoms with Crippen molar-refractivity contribution in [3.63, 3.8) is 0 Å². The number of ether oxygens (including phenoxy) is 2. The van der Waals surface area contributed by atoms with Gasteiger partial charge in [-0.15, -0.1) is 0 Å². The molecule has 0 atom stereocenters. The first-order valence-electron chi connectivity index (χ1n) is 12.9. The summed E-state index contributed by atoms with van der Waals surface area (Å²) in [6.45, 7) is 0.423. The van der Waals surface area contributed by atoms with Crippen molar-refractivity contribution < 1.29 is 44.6 Å². The van der Waals surface area contributed by atoms with Gasteiger partial charge in [0.15, 0.2) is 23.1 Å². The van der Waals surface area contributed by atoms with Crippen LogP contribution in [0, 0.1) is 23.5 Å². The molecular weight excluding hydrogens is 666 g/mol. The molecule has 4 rings (SSSR count). The van der Waals surface area contributed by atoms with Crippen LogP contribution in [0.25, 0.3) is 22.3 Å². The Labute approximate surface area is 256 Å². The molecule has 0 fully saturated rings. The average Bonchev–Trinajstić information content (AvgIpc) is 2.91. The van der Waals surface area contributed by atoms with E-state index in [1.807, 2.05) is 0 Å². The maximum atomic E-state index is 14.3. The zero-order valence-electron chi connectivity index (χ0n) is 23.6. The summed E-state index contributed by atoms with van der Waals surface area (Å²) in [6, 6.07) is 7.32. The maximum absolute atomic E-state index is 14.3. The zero-order valence-corrected chi connectivity index (χ0v) is 25.2. The molecule has 44 heavy (non-hydrogen) atoms. The standard InChI is InChI=1S/C15H12BrF4NO.C15H14F4N2O/c1-7(2)12-13(16)9(8-3-4-21-11(17)5-8)6-10(14(12)18)22-15(19)20;1-7(2)12-13(17)10(22-15(18)19)6-9(14(12)20)8-3-4-21-11(16)5-8/h3-7,15H,1-2H3;3-7,15H,20H2,1-2H3. The minimum atomic E-state index is -3.18. The number of nitrogen functional groups attached to an aromatic ring is 1. The summed E-state index contributed by atoms with van der Waals surface area (Å²) in [4.78, 5) is 6.84. The third-order valence-corrected chi connectivity index (χ3v) is 7.03. The number of nitrogens with zero attached hydrogens (tertiary/aromatic N) is 2. The van der Waals surface area contributed by atoms with E-state index in [9.17, 15) is 35.1 Å². The number of halogens is 9. The Hall–Kier alpha value is -3.94. The lowest BCUT2D eigenvalue weighted by molar-refractivity contribution is -0.0528. The van der Waals surface area contributed by atoms with Gasteiger partial charge >= 0.3 is 13.2 Å². The van der Waals surface area contributed by atoms with Crippen molar-refractivity contribution >= 4 is 21.6 Å². The molecule has 0 aliphatic heterocycles. The second-order valence-electron chi connectivity index (χ2n) is 9.83. The Balaban J connectivity index is 0.000000240. The summed E-state index contributed by atoms with van der Waals surface area (Å²) in [7, 11) is 0. The summed E-state index contributed by atoms with van der Waals surface area (Å²) < 4.78 is 114. The fourth-order valence-corrected chi connectivity index (χ4v) is 5.30. The molecule has 0 aliphatic carbocycles. The SMILES string of the molecule is CC(C)c1c(F)c(OC(F)F)cc(-c2ccnc(F)c2)c1Br.CC(C)c1c(N)c(-c2ccnc(F)c2)cc(OC(F)F)c1F. The molecule has 4 aromatic rings. The normalized spacial score (nSPS) is 11.3. The first-order chi connectivity index (χ1) is 20.6. The summed E-state index contributed by atoms with van der Waals surface area (Å²) in [6.07, 6.45) is 2.44. The Kier molecular flexibility index (Phi) is 11.5. The number of pyridine rings is 2. The topological polar surface area (TPSA) is 70.3 Å². The van der Waals surface area contributed by atoms with Gasteiger partial charge < -0.3 is 15.2 Å². The lowest BCUT2D eigenvalue weighted by atomic mass is 9.94. The van der Waals surface area contributed by atoms with E-state index in [0.29, 0.717) is 21.2 Å². The number of nitrogens with two attached hydrogens (primary N) is 1. The molecule has 2 aromatic carbocycles. The minimum Gasteiger partial charge on any atom is -0.432 e. The molecule has 2 heterocycles. The van der Waals surface area contributed by atoms with Crippen LogP contribution in [0.1, 0.15) is 50.7 Å². The van der Waals surface area contributed by atoms with Crippen molar-refractivity contribution in [3.05, 3.63) is 87.9 Å². The van der Waals surface area contributed by atoms with Crippen molar-refractivity contribution in [2.24, 2.45) is 0 Å². The molecule has 0 saturated carbocycles. The molecule has 0 bridgehead atoms. The van der Waals surface area contributed by atoms with E-state index in [-0.39, 0.29) is 34.2 Å². The van der Waals surface area contributed by atoms with Gasteiger partial charge in [-0.25, -0.2) is 18.7 Å². The number of rotatable bonds is 8. The van der Waals surface area contributed by atoms with Gasteiger partial charge in [-0.05, 0) is 63.2 Å². The van der Waals surface area contributed by atoms with Crippen LogP contribution in [0.5, 0.6) is 11.5 Å². The van der Waals surface area contributed by atoms with Gasteiger partial charge in [-0.1, -0.05) is 27.7 Å². The third kappa shape index (κ3) is 8.16. The lowest BCUT2D eigenvalue weighted by Gasteiger charge is -2.18. The lowest BCUT2D eigenvalue weighted by Crippen LogP contribution is -2.09. The molecule has 0 amide bonds. The molecule has 236 valence electrons. The molecule has 0 aliphatic rings. The van der Waals surface area contributed by atoms with Crippen molar-refractivity contribution in [3.8, 4) is 33.8 Å². The first-order valence-corrected chi connectivity index (χ1v) is 13.7. The third-order valence-electron chi connectivity index (χ3n) is 6.17. The van der Waals surface area contributed by atoms with E-state index in [2.05, 4.69) is 35.4 Å². The molecule has 2 N–H and O–H groups in total. The van der Waals surface area contributed by atoms with Gasteiger partial charge in [0.25, 0.3) is 0 Å². The summed E-state index contributed by atoms with van der Waals surface area (Å²) in [5, 5.41) is 0. The Morgan fingerprint density at radius 2 is 1.07 bits per heavy atom. The number of hydrogen-bond donors (Lipinski definition) is 1. The fourth-order valence-electron chi connectivity index (χ4n) is 4.32. The molecule has 0 saturated heterocycles. The number of anilines is 1. The van der Waals surface area contributed by atoms with Crippen LogP contribution < -0.4 is 15.2 Å². The second-order valence-corrected chi connectivity index (χ2v) is 10.6. The molecule has 0 radical (unpaired) electrons. The number of alkyl halides is 4. The monoisotopic (exact) mass is 691 g/mol. The Morgan fingerprint density at radius 1 is 0.659 bits per heavy atom. The van der Waals surface area contributed by atoms with Gasteiger partial charge in [-0.2, -0.15) is 26.3 Å². The van der Waals surface area contributed by atoms with Crippen molar-refractivity contribution in [1.82, 2.24) is 9.97 Å². The molecular formula is C30H26BrF8N3O2. The largest absolute Gasteiger partial charge is 0.432 e. The number of hydrogen-bond acceptors (Lipinski definition) is 5. The highest BCUT2D eigenvalue weighted by Crippen LogP contribution is 2.42. The summed E-state index contributed by atoms with van der Waals surface area (Å²) >= 11 is 3.27. The predicted molar refractivity (Wildman–Crippen MR) is 153 cm³/mol. The van der Waals surface area contributed by atoms with Crippen LogP contribution in [-0.4, -0.2) is 23.2 Å². The average molecular weight is 692 g/mol. The van der Waals surface area contributed by atoms with Gasteiger partial charge in [0.2, 0.25) is 11.9 Å². The Bertz CT molecular complexity index is 1500. The van der Waals surface area contributed by atoms with E-state index in [0.717, 1.165) is 24.3 Å². The van der Waals surface area contributed by atoms with Crippen LogP contribution >= 0.6 is 15.9 Å². The van der Waals surface area contributed by atoms with E-state index in [1.165, 1.54) is 24.5 Å². The van der Waals surface area contributed by atoms with Crippen LogP contribution in [0.4, 0.5) is 40.8 Å². The van der Waals surface area contributed by atoms with Gasteiger partial charge in [0.1, 0.15) is 0 Å². The van der Waals surface area contributed by atoms with Gasteiger partial charge in [0, 0.05) is 56.9 Å². The molecule has 14 heteroatoms. The van der Waals surface area contributed by atoms with E-state index >= 15 is 0 Å². The van der Waals surface area contributed by atoms with Gasteiger partial charge in [0.05, 0.1) is 0 Å². The Morgan fingerprint density at radius 3 is 1.48 bits per heavy atom. The smallest absolute Gasteiger partial charge is 0.387 e. The van der Waals surface area contributed by atoms with Crippen LogP contribution in [-0.2, 0) is 0 Å². The first kappa shape index (κ1) is 34.5. The molecule has 0 spiro atoms. The predicted octanol–water partition coefficient (Wildman–Crippen LogP) is 9.85. The number of aromatic nitrogens is 2. The highest BCUT2D eigenvalue weighted by atomic mass is 79.9. The van der Waals surface area contributed by atoms with E-state index < -0.39 is 48.3 Å². The molecule has 0 unspecified atom stereocenters. The van der Waals surface area contributed by atoms with Crippen LogP contribution in [0.2, 0.25) is 0 Å². The van der Waals surface area contributed by atoms with Crippen molar-refractivity contribution in [1.29, 1.82) is 0 Å². The zero-order chi connectivity index (χ0) is 32.9. The highest BCUT2D eigenvalue weighted by Gasteiger charge is 2.24. The maximum Gasteiger partial charge on any atom is 0.387 e. The molecule has 2 aromatic heterocycles. The van der Waals surface area contributed by atoms with Gasteiger partial charge in [-0.3, -0.25) is 0 Å². The van der Waals surface area contributed by atoms with Crippen LogP contribution in [0.15, 0.2) is 53.3 Å². The van der Waals surface area contributed by atoms with Crippen molar-refractivity contribution in [2.75, 3.05) is 5.73 Å². The second kappa shape index (κ2) is 14.7. The quantitative estimate of drug-likeness (QED) is 0.113. The molecule has 5 nitrogen and oxygen atoms in total. The summed E-state index contributed by atoms with van der Waals surface area (Å²) in [5.41, 5.74) is 7.46. The van der Waals surface area contributed by atoms with Crippen molar-refractivity contribution in [2.45, 2.75) is 52.8 Å². The minimum absolute atomic E-state index is 0.0466. The number of benzene rings is 2. The fraction of sp³-hybridized carbons (Fsp3) is 0.267. The summed E-state index contributed by atoms with van der Waals surface area (Å²) in [5.74, 6) is -5.15. The highest BCUT2D eigenvalue weighted by molar-refractivity contribution is 9.10.